The molecule has 0 aliphatic heterocycles. The van der Waals surface area contributed by atoms with Crippen molar-refractivity contribution in [3.05, 3.63) is 53.1 Å². The molecule has 0 atom stereocenters. The first-order valence-electron chi connectivity index (χ1n) is 5.78. The van der Waals surface area contributed by atoms with Crippen molar-refractivity contribution in [1.29, 1.82) is 0 Å². The Labute approximate surface area is 106 Å². The van der Waals surface area contributed by atoms with Crippen LogP contribution in [0, 0.1) is 0 Å². The maximum atomic E-state index is 6.06. The number of hydrogen-bond acceptors (Lipinski definition) is 2. The molecule has 0 bridgehead atoms. The second-order valence-electron chi connectivity index (χ2n) is 3.91. The Bertz CT molecular complexity index is 440. The van der Waals surface area contributed by atoms with Crippen molar-refractivity contribution in [2.45, 2.75) is 19.4 Å². The highest BCUT2D eigenvalue weighted by Gasteiger charge is 1.98. The van der Waals surface area contributed by atoms with Crippen molar-refractivity contribution >= 4 is 11.6 Å². The van der Waals surface area contributed by atoms with Crippen LogP contribution >= 0.6 is 11.6 Å². The van der Waals surface area contributed by atoms with Crippen LogP contribution in [0.4, 0.5) is 0 Å². The van der Waals surface area contributed by atoms with Crippen molar-refractivity contribution in [2.75, 3.05) is 6.54 Å². The van der Waals surface area contributed by atoms with Gasteiger partial charge in [0.05, 0.1) is 0 Å². The molecule has 0 amide bonds. The van der Waals surface area contributed by atoms with Gasteiger partial charge in [0.1, 0.15) is 5.82 Å². The summed E-state index contributed by atoms with van der Waals surface area (Å²) in [4.78, 5) is 7.28. The molecule has 2 rings (SSSR count). The Kier molecular flexibility index (Phi) is 4.59. The molecule has 0 fully saturated rings. The molecule has 1 heterocycles. The smallest absolute Gasteiger partial charge is 0.106 e. The van der Waals surface area contributed by atoms with Crippen LogP contribution in [0.5, 0.6) is 0 Å². The average Bonchev–Trinajstić information content (AvgIpc) is 2.84. The van der Waals surface area contributed by atoms with Gasteiger partial charge in [0.2, 0.25) is 0 Å². The minimum Gasteiger partial charge on any atom is -0.349 e. The lowest BCUT2D eigenvalue weighted by atomic mass is 10.2. The molecule has 1 aromatic heterocycles. The summed E-state index contributed by atoms with van der Waals surface area (Å²) < 4.78 is 0. The first kappa shape index (κ1) is 12.1. The van der Waals surface area contributed by atoms with E-state index in [0.29, 0.717) is 0 Å². The van der Waals surface area contributed by atoms with Gasteiger partial charge in [0.25, 0.3) is 0 Å². The van der Waals surface area contributed by atoms with Crippen LogP contribution in [0.25, 0.3) is 0 Å². The van der Waals surface area contributed by atoms with Crippen LogP contribution in [-0.2, 0) is 13.0 Å². The zero-order valence-corrected chi connectivity index (χ0v) is 10.4. The predicted octanol–water partition coefficient (Wildman–Crippen LogP) is 2.79. The summed E-state index contributed by atoms with van der Waals surface area (Å²) in [5, 5.41) is 4.20. The number of rotatable bonds is 6. The second-order valence-corrected chi connectivity index (χ2v) is 4.31. The molecular weight excluding hydrogens is 234 g/mol. The lowest BCUT2D eigenvalue weighted by Crippen LogP contribution is -2.15. The van der Waals surface area contributed by atoms with E-state index < -0.39 is 0 Å². The van der Waals surface area contributed by atoms with Crippen LogP contribution in [0.15, 0.2) is 36.7 Å². The maximum Gasteiger partial charge on any atom is 0.106 e. The molecule has 0 aliphatic carbocycles. The zero-order valence-electron chi connectivity index (χ0n) is 9.62. The fourth-order valence-electron chi connectivity index (χ4n) is 1.68. The van der Waals surface area contributed by atoms with E-state index in [1.54, 1.807) is 6.20 Å². The van der Waals surface area contributed by atoms with E-state index >= 15 is 0 Å². The summed E-state index contributed by atoms with van der Waals surface area (Å²) in [6.45, 7) is 1.78. The molecule has 2 aromatic rings. The summed E-state index contributed by atoms with van der Waals surface area (Å²) in [6, 6.07) is 7.91. The average molecular weight is 250 g/mol. The van der Waals surface area contributed by atoms with E-state index in [4.69, 9.17) is 11.6 Å². The molecule has 0 radical (unpaired) electrons. The molecule has 0 unspecified atom stereocenters. The number of hydrogen-bond donors (Lipinski definition) is 2. The lowest BCUT2D eigenvalue weighted by molar-refractivity contribution is 0.641. The summed E-state index contributed by atoms with van der Waals surface area (Å²) in [7, 11) is 0. The minimum absolute atomic E-state index is 0.817. The molecule has 3 nitrogen and oxygen atoms in total. The lowest BCUT2D eigenvalue weighted by Gasteiger charge is -2.05. The number of imidazole rings is 1. The van der Waals surface area contributed by atoms with Gasteiger partial charge in [-0.05, 0) is 24.6 Å². The largest absolute Gasteiger partial charge is 0.349 e. The first-order chi connectivity index (χ1) is 8.36. The summed E-state index contributed by atoms with van der Waals surface area (Å²) in [6.07, 6.45) is 5.68. The molecule has 90 valence electrons. The number of halogens is 1. The number of aromatic nitrogens is 2. The standard InChI is InChI=1S/C13H16ClN3/c14-12-5-2-1-4-11(12)10-15-7-3-6-13-16-8-9-17-13/h1-2,4-5,8-9,15H,3,6-7,10H2,(H,16,17). The van der Waals surface area contributed by atoms with Crippen LogP contribution in [0.2, 0.25) is 5.02 Å². The summed E-state index contributed by atoms with van der Waals surface area (Å²) in [5.41, 5.74) is 1.15. The zero-order chi connectivity index (χ0) is 11.9. The predicted molar refractivity (Wildman–Crippen MR) is 70.1 cm³/mol. The summed E-state index contributed by atoms with van der Waals surface area (Å²) in [5.74, 6) is 1.05. The third-order valence-corrected chi connectivity index (χ3v) is 2.96. The number of nitrogens with one attached hydrogen (secondary N) is 2. The Hall–Kier alpha value is -1.32. The molecule has 0 aliphatic rings. The van der Waals surface area contributed by atoms with Gasteiger partial charge in [0, 0.05) is 30.4 Å². The fourth-order valence-corrected chi connectivity index (χ4v) is 1.88. The number of aromatic amines is 1. The molecule has 17 heavy (non-hydrogen) atoms. The highest BCUT2D eigenvalue weighted by molar-refractivity contribution is 6.31. The van der Waals surface area contributed by atoms with E-state index in [-0.39, 0.29) is 0 Å². The van der Waals surface area contributed by atoms with Crippen molar-refractivity contribution in [3.8, 4) is 0 Å². The summed E-state index contributed by atoms with van der Waals surface area (Å²) >= 11 is 6.06. The fraction of sp³-hybridized carbons (Fsp3) is 0.308. The monoisotopic (exact) mass is 249 g/mol. The molecular formula is C13H16ClN3. The van der Waals surface area contributed by atoms with Crippen LogP contribution in [0.3, 0.4) is 0 Å². The van der Waals surface area contributed by atoms with Gasteiger partial charge in [-0.15, -0.1) is 0 Å². The van der Waals surface area contributed by atoms with Crippen molar-refractivity contribution < 1.29 is 0 Å². The van der Waals surface area contributed by atoms with Crippen LogP contribution < -0.4 is 5.32 Å². The molecule has 0 saturated carbocycles. The Balaban J connectivity index is 1.65. The van der Waals surface area contributed by atoms with E-state index in [9.17, 15) is 0 Å². The van der Waals surface area contributed by atoms with Crippen molar-refractivity contribution in [2.24, 2.45) is 0 Å². The number of aryl methyl sites for hydroxylation is 1. The van der Waals surface area contributed by atoms with Crippen LogP contribution in [0.1, 0.15) is 17.8 Å². The van der Waals surface area contributed by atoms with Crippen LogP contribution in [-0.4, -0.2) is 16.5 Å². The number of H-pyrrole nitrogens is 1. The quantitative estimate of drug-likeness (QED) is 0.773. The van der Waals surface area contributed by atoms with Crippen molar-refractivity contribution in [1.82, 2.24) is 15.3 Å². The van der Waals surface area contributed by atoms with Gasteiger partial charge in [-0.25, -0.2) is 4.98 Å². The minimum atomic E-state index is 0.817. The Morgan fingerprint density at radius 2 is 2.18 bits per heavy atom. The second kappa shape index (κ2) is 6.42. The van der Waals surface area contributed by atoms with E-state index in [1.807, 2.05) is 30.5 Å². The highest BCUT2D eigenvalue weighted by atomic mass is 35.5. The molecule has 0 spiro atoms. The number of nitrogens with zero attached hydrogens (tertiary/aromatic N) is 1. The molecule has 2 N–H and O–H groups in total. The third-order valence-electron chi connectivity index (χ3n) is 2.60. The first-order valence-corrected chi connectivity index (χ1v) is 6.16. The maximum absolute atomic E-state index is 6.06. The van der Waals surface area contributed by atoms with Crippen molar-refractivity contribution in [3.63, 3.8) is 0 Å². The SMILES string of the molecule is Clc1ccccc1CNCCCc1ncc[nH]1. The third kappa shape index (κ3) is 3.88. The van der Waals surface area contributed by atoms with E-state index in [0.717, 1.165) is 42.3 Å². The molecule has 4 heteroatoms. The molecule has 0 saturated heterocycles. The normalized spacial score (nSPS) is 10.6. The molecule has 1 aromatic carbocycles. The van der Waals surface area contributed by atoms with Gasteiger partial charge in [0.15, 0.2) is 0 Å². The Morgan fingerprint density at radius 3 is 2.94 bits per heavy atom. The van der Waals surface area contributed by atoms with E-state index in [1.165, 1.54) is 0 Å². The Morgan fingerprint density at radius 1 is 1.29 bits per heavy atom. The highest BCUT2D eigenvalue weighted by Crippen LogP contribution is 2.14. The van der Waals surface area contributed by atoms with Gasteiger partial charge in [-0.3, -0.25) is 0 Å². The number of benzene rings is 1. The van der Waals surface area contributed by atoms with Gasteiger partial charge in [-0.2, -0.15) is 0 Å². The topological polar surface area (TPSA) is 40.7 Å². The van der Waals surface area contributed by atoms with E-state index in [2.05, 4.69) is 15.3 Å². The van der Waals surface area contributed by atoms with Gasteiger partial charge >= 0.3 is 0 Å². The van der Waals surface area contributed by atoms with Gasteiger partial charge < -0.3 is 10.3 Å². The van der Waals surface area contributed by atoms with Gasteiger partial charge in [-0.1, -0.05) is 29.8 Å².